The number of aromatic amines is 1. The summed E-state index contributed by atoms with van der Waals surface area (Å²) in [4.78, 5) is 35.8. The van der Waals surface area contributed by atoms with E-state index in [0.717, 1.165) is 87.2 Å². The van der Waals surface area contributed by atoms with Crippen molar-refractivity contribution in [1.29, 1.82) is 0 Å². The zero-order chi connectivity index (χ0) is 33.3. The second-order valence-corrected chi connectivity index (χ2v) is 12.5. The molecule has 0 saturated heterocycles. The average Bonchev–Trinajstić information content (AvgIpc) is 3.90. The molecule has 0 bridgehead atoms. The van der Waals surface area contributed by atoms with Gasteiger partial charge in [-0.3, -0.25) is 29.9 Å². The van der Waals surface area contributed by atoms with Gasteiger partial charge in [-0.25, -0.2) is 4.98 Å². The van der Waals surface area contributed by atoms with Gasteiger partial charge in [0.25, 0.3) is 0 Å². The Balaban J connectivity index is 0.000000114. The summed E-state index contributed by atoms with van der Waals surface area (Å²) < 4.78 is 0. The van der Waals surface area contributed by atoms with E-state index in [1.54, 1.807) is 48.5 Å². The van der Waals surface area contributed by atoms with E-state index in [-0.39, 0.29) is 19.8 Å². The number of imidazole rings is 1. The second-order valence-electron chi connectivity index (χ2n) is 11.5. The van der Waals surface area contributed by atoms with Crippen LogP contribution in [0.25, 0.3) is 87.2 Å². The minimum atomic E-state index is 0. The van der Waals surface area contributed by atoms with Crippen LogP contribution in [0.2, 0.25) is 0 Å². The quantitative estimate of drug-likeness (QED) is 0.164. The maximum atomic E-state index is 4.82. The third kappa shape index (κ3) is 6.05. The standard InChI is InChI=1S/C17H10N4S.2C12H8N2.Os/c1-4-10-13(18-7-1)14-11(5-2-8-19-14)16-15(10)20-17(21-16)12-6-3-9-22-12;2*1-3-9-5-6-10-4-2-8-14-12(10)11(9)13-7-1;/h1-9H,(H,20,21);2*1-8H;. The predicted octanol–water partition coefficient (Wildman–Crippen LogP) is 9.95. The van der Waals surface area contributed by atoms with Crippen molar-refractivity contribution in [3.8, 4) is 10.7 Å². The summed E-state index contributed by atoms with van der Waals surface area (Å²) in [5.41, 5.74) is 7.69. The largest absolute Gasteiger partial charge is 0.337 e. The van der Waals surface area contributed by atoms with Crippen LogP contribution in [0.5, 0.6) is 0 Å². The first-order valence-corrected chi connectivity index (χ1v) is 16.9. The van der Waals surface area contributed by atoms with E-state index in [2.05, 4.69) is 107 Å². The number of fused-ring (bicyclic) bond motifs is 12. The fourth-order valence-corrected chi connectivity index (χ4v) is 6.90. The molecule has 0 radical (unpaired) electrons. The van der Waals surface area contributed by atoms with Gasteiger partial charge < -0.3 is 4.98 Å². The van der Waals surface area contributed by atoms with Crippen LogP contribution in [0.4, 0.5) is 0 Å². The molecule has 0 atom stereocenters. The fraction of sp³-hybridized carbons (Fsp3) is 0. The number of rotatable bonds is 1. The molecule has 51 heavy (non-hydrogen) atoms. The smallest absolute Gasteiger partial charge is 0.148 e. The second kappa shape index (κ2) is 14.0. The Morgan fingerprint density at radius 3 is 1.25 bits per heavy atom. The minimum Gasteiger partial charge on any atom is -0.337 e. The molecule has 11 rings (SSSR count). The Kier molecular flexibility index (Phi) is 8.85. The van der Waals surface area contributed by atoms with E-state index in [1.807, 2.05) is 42.5 Å². The van der Waals surface area contributed by atoms with Crippen LogP contribution in [0.3, 0.4) is 0 Å². The number of nitrogens with zero attached hydrogens (tertiary/aromatic N) is 7. The normalized spacial score (nSPS) is 11.0. The topological polar surface area (TPSA) is 106 Å². The van der Waals surface area contributed by atoms with Gasteiger partial charge in [-0.2, -0.15) is 0 Å². The van der Waals surface area contributed by atoms with Crippen LogP contribution < -0.4 is 0 Å². The van der Waals surface area contributed by atoms with Crippen LogP contribution in [-0.4, -0.2) is 39.9 Å². The molecule has 0 aliphatic carbocycles. The van der Waals surface area contributed by atoms with E-state index >= 15 is 0 Å². The molecular formula is C41H26N8OsS. The minimum absolute atomic E-state index is 0. The SMILES string of the molecule is [Os].c1cnc2c(c1)ccc1cccnc12.c1cnc2c(c1)ccc1cccnc12.c1csc(-c2nc3c4cccnc4c4ncccc4c3[nH]2)c1. The molecule has 0 unspecified atom stereocenters. The summed E-state index contributed by atoms with van der Waals surface area (Å²) >= 11 is 1.68. The Morgan fingerprint density at radius 2 is 0.804 bits per heavy atom. The third-order valence-corrected chi connectivity index (χ3v) is 9.39. The molecule has 0 aliphatic rings. The zero-order valence-corrected chi connectivity index (χ0v) is 30.2. The van der Waals surface area contributed by atoms with E-state index in [1.165, 1.54) is 0 Å². The summed E-state index contributed by atoms with van der Waals surface area (Å²) in [6.45, 7) is 0. The van der Waals surface area contributed by atoms with Crippen molar-refractivity contribution in [1.82, 2.24) is 39.9 Å². The molecular weight excluding hydrogens is 827 g/mol. The Bertz CT molecular complexity index is 2670. The van der Waals surface area contributed by atoms with Crippen LogP contribution in [0, 0.1) is 0 Å². The number of benzene rings is 3. The number of aromatic nitrogens is 8. The van der Waals surface area contributed by atoms with Gasteiger partial charge in [0.15, 0.2) is 0 Å². The Morgan fingerprint density at radius 1 is 0.392 bits per heavy atom. The van der Waals surface area contributed by atoms with Crippen LogP contribution in [-0.2, 0) is 19.8 Å². The number of hydrogen-bond donors (Lipinski definition) is 1. The van der Waals surface area contributed by atoms with E-state index < -0.39 is 0 Å². The molecule has 11 aromatic rings. The van der Waals surface area contributed by atoms with Gasteiger partial charge in [-0.05, 0) is 60.0 Å². The first kappa shape index (κ1) is 32.1. The van der Waals surface area contributed by atoms with E-state index in [4.69, 9.17) is 4.98 Å². The molecule has 8 heterocycles. The molecule has 10 heteroatoms. The van der Waals surface area contributed by atoms with Crippen LogP contribution >= 0.6 is 11.3 Å². The summed E-state index contributed by atoms with van der Waals surface area (Å²) in [6, 6.07) is 36.4. The number of nitrogens with one attached hydrogen (secondary N) is 1. The van der Waals surface area contributed by atoms with Gasteiger partial charge in [0.2, 0.25) is 0 Å². The van der Waals surface area contributed by atoms with Crippen molar-refractivity contribution in [2.24, 2.45) is 0 Å². The number of pyridine rings is 6. The first-order chi connectivity index (χ1) is 24.8. The van der Waals surface area contributed by atoms with Crippen LogP contribution in [0.15, 0.2) is 152 Å². The van der Waals surface area contributed by atoms with Crippen molar-refractivity contribution in [3.05, 3.63) is 152 Å². The van der Waals surface area contributed by atoms with Crippen molar-refractivity contribution >= 4 is 87.8 Å². The molecule has 244 valence electrons. The van der Waals surface area contributed by atoms with Gasteiger partial charge in [0.05, 0.1) is 49.0 Å². The number of thiophene rings is 1. The molecule has 0 spiro atoms. The predicted molar refractivity (Wildman–Crippen MR) is 204 cm³/mol. The first-order valence-electron chi connectivity index (χ1n) is 16.0. The van der Waals surface area contributed by atoms with Gasteiger partial charge >= 0.3 is 0 Å². The van der Waals surface area contributed by atoms with Crippen molar-refractivity contribution in [2.75, 3.05) is 0 Å². The third-order valence-electron chi connectivity index (χ3n) is 8.51. The van der Waals surface area contributed by atoms with Crippen LogP contribution in [0.1, 0.15) is 0 Å². The summed E-state index contributed by atoms with van der Waals surface area (Å²) in [5, 5.41) is 8.69. The average molecular weight is 853 g/mol. The van der Waals surface area contributed by atoms with E-state index in [9.17, 15) is 0 Å². The fourth-order valence-electron chi connectivity index (χ4n) is 6.23. The Hall–Kier alpha value is -6.07. The molecule has 8 aromatic heterocycles. The van der Waals surface area contributed by atoms with Crippen molar-refractivity contribution < 1.29 is 19.8 Å². The summed E-state index contributed by atoms with van der Waals surface area (Å²) in [7, 11) is 0. The zero-order valence-electron chi connectivity index (χ0n) is 26.8. The number of hydrogen-bond acceptors (Lipinski definition) is 8. The van der Waals surface area contributed by atoms with Crippen molar-refractivity contribution in [3.63, 3.8) is 0 Å². The summed E-state index contributed by atoms with van der Waals surface area (Å²) in [6.07, 6.45) is 10.8. The maximum absolute atomic E-state index is 4.82. The molecule has 0 aliphatic heterocycles. The Labute approximate surface area is 308 Å². The molecule has 0 amide bonds. The number of H-pyrrole nitrogens is 1. The van der Waals surface area contributed by atoms with Gasteiger partial charge in [-0.15, -0.1) is 11.3 Å². The van der Waals surface area contributed by atoms with Crippen molar-refractivity contribution in [2.45, 2.75) is 0 Å². The molecule has 1 N–H and O–H groups in total. The summed E-state index contributed by atoms with van der Waals surface area (Å²) in [5.74, 6) is 0.895. The van der Waals surface area contributed by atoms with Gasteiger partial charge in [0, 0.05) is 89.3 Å². The monoisotopic (exact) mass is 854 g/mol. The molecule has 3 aromatic carbocycles. The molecule has 0 saturated carbocycles. The van der Waals surface area contributed by atoms with Gasteiger partial charge in [0.1, 0.15) is 5.82 Å². The van der Waals surface area contributed by atoms with E-state index in [0.29, 0.717) is 0 Å². The van der Waals surface area contributed by atoms with Gasteiger partial charge in [-0.1, -0.05) is 54.6 Å². The molecule has 0 fully saturated rings. The maximum Gasteiger partial charge on any atom is 0.148 e. The molecule has 8 nitrogen and oxygen atoms in total.